The van der Waals surface area contributed by atoms with Gasteiger partial charge < -0.3 is 24.4 Å². The van der Waals surface area contributed by atoms with E-state index >= 15 is 0 Å². The maximum atomic E-state index is 12.4. The van der Waals surface area contributed by atoms with E-state index in [0.29, 0.717) is 37.9 Å². The van der Waals surface area contributed by atoms with Crippen LogP contribution < -0.4 is 19.7 Å². The zero-order valence-electron chi connectivity index (χ0n) is 15.9. The second-order valence-electron chi connectivity index (χ2n) is 6.91. The number of benzene rings is 1. The van der Waals surface area contributed by atoms with Crippen molar-refractivity contribution in [3.8, 4) is 11.5 Å². The summed E-state index contributed by atoms with van der Waals surface area (Å²) in [6, 6.07) is 5.88. The molecule has 3 heterocycles. The fourth-order valence-corrected chi connectivity index (χ4v) is 3.45. The monoisotopic (exact) mass is 384 g/mol. The Hall–Kier alpha value is -2.87. The van der Waals surface area contributed by atoms with Gasteiger partial charge in [0, 0.05) is 37.9 Å². The Balaban J connectivity index is 1.32. The fourth-order valence-electron chi connectivity index (χ4n) is 3.45. The summed E-state index contributed by atoms with van der Waals surface area (Å²) in [7, 11) is 1.64. The average molecular weight is 384 g/mol. The summed E-state index contributed by atoms with van der Waals surface area (Å²) in [4.78, 5) is 23.1. The van der Waals surface area contributed by atoms with Gasteiger partial charge >= 0.3 is 0 Å². The lowest BCUT2D eigenvalue weighted by molar-refractivity contribution is 0.0937. The average Bonchev–Trinajstić information content (AvgIpc) is 2.77. The van der Waals surface area contributed by atoms with Gasteiger partial charge in [-0.15, -0.1) is 0 Å². The standard InChI is InChI=1S/C20H24N4O4/c1-26-17-4-2-3-15-9-14(13-28-18(15)17)10-21-19(25)16-11-22-20(23-12-16)24-5-7-27-8-6-24/h2-4,11-12,14H,5-10,13H2,1H3,(H,21,25)/t14-/m1/s1. The topological polar surface area (TPSA) is 85.8 Å². The van der Waals surface area contributed by atoms with Gasteiger partial charge in [-0.1, -0.05) is 12.1 Å². The Morgan fingerprint density at radius 1 is 1.29 bits per heavy atom. The molecule has 4 rings (SSSR count). The predicted molar refractivity (Wildman–Crippen MR) is 103 cm³/mol. The molecule has 0 unspecified atom stereocenters. The number of fused-ring (bicyclic) bond motifs is 1. The van der Waals surface area contributed by atoms with E-state index in [2.05, 4.69) is 20.2 Å². The van der Waals surface area contributed by atoms with Crippen molar-refractivity contribution in [3.05, 3.63) is 41.7 Å². The van der Waals surface area contributed by atoms with Crippen LogP contribution in [0.3, 0.4) is 0 Å². The van der Waals surface area contributed by atoms with Crippen LogP contribution in [0.5, 0.6) is 11.5 Å². The number of rotatable bonds is 5. The first-order valence-electron chi connectivity index (χ1n) is 9.46. The number of methoxy groups -OCH3 is 1. The first kappa shape index (κ1) is 18.5. The number of carbonyl (C=O) groups is 1. The molecule has 1 aromatic heterocycles. The van der Waals surface area contributed by atoms with E-state index in [1.807, 2.05) is 18.2 Å². The molecule has 0 spiro atoms. The van der Waals surface area contributed by atoms with Crippen LogP contribution in [0.2, 0.25) is 0 Å². The third kappa shape index (κ3) is 4.01. The maximum Gasteiger partial charge on any atom is 0.254 e. The first-order chi connectivity index (χ1) is 13.7. The zero-order valence-corrected chi connectivity index (χ0v) is 15.9. The van der Waals surface area contributed by atoms with E-state index in [1.54, 1.807) is 19.5 Å². The minimum atomic E-state index is -0.176. The first-order valence-corrected chi connectivity index (χ1v) is 9.46. The van der Waals surface area contributed by atoms with Gasteiger partial charge in [0.05, 0.1) is 32.5 Å². The highest BCUT2D eigenvalue weighted by atomic mass is 16.5. The van der Waals surface area contributed by atoms with Gasteiger partial charge in [-0.3, -0.25) is 4.79 Å². The molecule has 28 heavy (non-hydrogen) atoms. The number of hydrogen-bond donors (Lipinski definition) is 1. The molecule has 0 aliphatic carbocycles. The number of aromatic nitrogens is 2. The molecule has 0 radical (unpaired) electrons. The van der Waals surface area contributed by atoms with Crippen LogP contribution in [0.15, 0.2) is 30.6 Å². The molecule has 8 heteroatoms. The molecule has 2 aliphatic heterocycles. The highest BCUT2D eigenvalue weighted by molar-refractivity contribution is 5.93. The third-order valence-electron chi connectivity index (χ3n) is 5.00. The summed E-state index contributed by atoms with van der Waals surface area (Å²) in [6.45, 7) is 3.94. The molecular weight excluding hydrogens is 360 g/mol. The smallest absolute Gasteiger partial charge is 0.254 e. The van der Waals surface area contributed by atoms with Crippen LogP contribution in [0.25, 0.3) is 0 Å². The minimum Gasteiger partial charge on any atom is -0.493 e. The van der Waals surface area contributed by atoms with Crippen LogP contribution in [-0.2, 0) is 11.2 Å². The lowest BCUT2D eigenvalue weighted by Crippen LogP contribution is -2.37. The van der Waals surface area contributed by atoms with Crippen LogP contribution in [0.4, 0.5) is 5.95 Å². The second kappa shape index (κ2) is 8.43. The SMILES string of the molecule is COc1cccc2c1OC[C@@H](CNC(=O)c1cnc(N3CCOCC3)nc1)C2. The summed E-state index contributed by atoms with van der Waals surface area (Å²) in [5, 5.41) is 2.96. The molecule has 8 nitrogen and oxygen atoms in total. The van der Waals surface area contributed by atoms with E-state index in [9.17, 15) is 4.79 Å². The van der Waals surface area contributed by atoms with Crippen molar-refractivity contribution in [2.24, 2.45) is 5.92 Å². The molecule has 1 fully saturated rings. The number of carbonyl (C=O) groups excluding carboxylic acids is 1. The molecule has 1 atom stereocenters. The van der Waals surface area contributed by atoms with Gasteiger partial charge in [-0.25, -0.2) is 9.97 Å². The molecule has 1 N–H and O–H groups in total. The third-order valence-corrected chi connectivity index (χ3v) is 5.00. The minimum absolute atomic E-state index is 0.176. The van der Waals surface area contributed by atoms with Crippen molar-refractivity contribution in [2.75, 3.05) is 51.5 Å². The largest absolute Gasteiger partial charge is 0.493 e. The number of nitrogens with one attached hydrogen (secondary N) is 1. The summed E-state index contributed by atoms with van der Waals surface area (Å²) in [6.07, 6.45) is 3.98. The highest BCUT2D eigenvalue weighted by Crippen LogP contribution is 2.35. The van der Waals surface area contributed by atoms with Gasteiger partial charge in [0.2, 0.25) is 5.95 Å². The van der Waals surface area contributed by atoms with Gasteiger partial charge in [0.25, 0.3) is 5.91 Å². The van der Waals surface area contributed by atoms with Gasteiger partial charge in [-0.2, -0.15) is 0 Å². The van der Waals surface area contributed by atoms with Crippen molar-refractivity contribution in [2.45, 2.75) is 6.42 Å². The molecular formula is C20H24N4O4. The lowest BCUT2D eigenvalue weighted by atomic mass is 9.96. The number of ether oxygens (including phenoxy) is 3. The summed E-state index contributed by atoms with van der Waals surface area (Å²) in [5.41, 5.74) is 1.55. The molecule has 148 valence electrons. The van der Waals surface area contributed by atoms with Crippen molar-refractivity contribution in [1.82, 2.24) is 15.3 Å². The number of anilines is 1. The van der Waals surface area contributed by atoms with Gasteiger partial charge in [0.1, 0.15) is 0 Å². The Kier molecular flexibility index (Phi) is 5.57. The van der Waals surface area contributed by atoms with Crippen molar-refractivity contribution < 1.29 is 19.0 Å². The Morgan fingerprint density at radius 3 is 2.82 bits per heavy atom. The normalized spacial score (nSPS) is 18.8. The highest BCUT2D eigenvalue weighted by Gasteiger charge is 2.23. The molecule has 1 aromatic carbocycles. The van der Waals surface area contributed by atoms with E-state index in [0.717, 1.165) is 36.6 Å². The van der Waals surface area contributed by atoms with E-state index in [4.69, 9.17) is 14.2 Å². The summed E-state index contributed by atoms with van der Waals surface area (Å²) in [5.74, 6) is 2.21. The van der Waals surface area contributed by atoms with Crippen molar-refractivity contribution >= 4 is 11.9 Å². The number of hydrogen-bond acceptors (Lipinski definition) is 7. The molecule has 0 saturated carbocycles. The molecule has 1 amide bonds. The molecule has 2 aromatic rings. The quantitative estimate of drug-likeness (QED) is 0.832. The van der Waals surface area contributed by atoms with Gasteiger partial charge in [0.15, 0.2) is 11.5 Å². The van der Waals surface area contributed by atoms with Crippen LogP contribution in [0.1, 0.15) is 15.9 Å². The van der Waals surface area contributed by atoms with Gasteiger partial charge in [-0.05, 0) is 18.1 Å². The molecule has 0 bridgehead atoms. The maximum absolute atomic E-state index is 12.4. The Bertz CT molecular complexity index is 821. The molecule has 1 saturated heterocycles. The number of para-hydroxylation sites is 1. The zero-order chi connectivity index (χ0) is 19.3. The number of morpholine rings is 1. The van der Waals surface area contributed by atoms with Crippen LogP contribution in [0, 0.1) is 5.92 Å². The lowest BCUT2D eigenvalue weighted by Gasteiger charge is -2.27. The predicted octanol–water partition coefficient (Wildman–Crippen LogP) is 1.30. The van der Waals surface area contributed by atoms with E-state index in [-0.39, 0.29) is 11.8 Å². The Labute approximate surface area is 163 Å². The summed E-state index contributed by atoms with van der Waals surface area (Å²) >= 11 is 0. The fraction of sp³-hybridized carbons (Fsp3) is 0.450. The van der Waals surface area contributed by atoms with Crippen LogP contribution >= 0.6 is 0 Å². The van der Waals surface area contributed by atoms with E-state index in [1.165, 1.54) is 0 Å². The van der Waals surface area contributed by atoms with Crippen molar-refractivity contribution in [3.63, 3.8) is 0 Å². The number of nitrogens with zero attached hydrogens (tertiary/aromatic N) is 3. The summed E-state index contributed by atoms with van der Waals surface area (Å²) < 4.78 is 16.5. The Morgan fingerprint density at radius 2 is 2.07 bits per heavy atom. The molecule has 2 aliphatic rings. The second-order valence-corrected chi connectivity index (χ2v) is 6.91. The van der Waals surface area contributed by atoms with Crippen LogP contribution in [-0.4, -0.2) is 62.4 Å². The van der Waals surface area contributed by atoms with Crippen molar-refractivity contribution in [1.29, 1.82) is 0 Å². The van der Waals surface area contributed by atoms with E-state index < -0.39 is 0 Å². The number of amides is 1.